The molecule has 0 amide bonds. The third-order valence-corrected chi connectivity index (χ3v) is 5.64. The Kier molecular flexibility index (Phi) is 5.41. The maximum Gasteiger partial charge on any atom is 0.435 e. The highest BCUT2D eigenvalue weighted by atomic mass is 32.2. The molecule has 2 heterocycles. The number of hydrogen-bond acceptors (Lipinski definition) is 6. The van der Waals surface area contributed by atoms with Crippen molar-refractivity contribution in [2.75, 3.05) is 13.2 Å². The summed E-state index contributed by atoms with van der Waals surface area (Å²) in [5, 5.41) is 14.6. The highest BCUT2D eigenvalue weighted by Gasteiger charge is 2.39. The average Bonchev–Trinajstić information content (AvgIpc) is 3.01. The molecule has 1 aliphatic rings. The predicted octanol–water partition coefficient (Wildman–Crippen LogP) is 1.86. The first-order valence-electron chi connectivity index (χ1n) is 8.08. The third kappa shape index (κ3) is 4.00. The van der Waals surface area contributed by atoms with Crippen molar-refractivity contribution >= 4 is 15.7 Å². The van der Waals surface area contributed by atoms with Crippen molar-refractivity contribution in [3.63, 3.8) is 0 Å². The lowest BCUT2D eigenvalue weighted by molar-refractivity contribution is -0.387. The summed E-state index contributed by atoms with van der Waals surface area (Å²) in [6.07, 6.45) is -4.44. The molecule has 0 fully saturated rings. The molecule has 0 radical (unpaired) electrons. The highest BCUT2D eigenvalue weighted by molar-refractivity contribution is 7.89. The SMILES string of the molecule is O=[N+]([O-])c1ccccc1S(=O)(=O)NCCn1nc(C(F)(F)F)c2c1CCOC2. The van der Waals surface area contributed by atoms with E-state index >= 15 is 0 Å². The number of benzene rings is 1. The maximum atomic E-state index is 13.1. The summed E-state index contributed by atoms with van der Waals surface area (Å²) in [6, 6.07) is 4.79. The molecule has 1 N–H and O–H groups in total. The summed E-state index contributed by atoms with van der Waals surface area (Å²) >= 11 is 0. The van der Waals surface area contributed by atoms with Crippen LogP contribution in [0.3, 0.4) is 0 Å². The number of nitrogens with zero attached hydrogens (tertiary/aromatic N) is 3. The van der Waals surface area contributed by atoms with Gasteiger partial charge in [-0.05, 0) is 6.07 Å². The molecule has 0 unspecified atom stereocenters. The van der Waals surface area contributed by atoms with E-state index in [1.807, 2.05) is 0 Å². The van der Waals surface area contributed by atoms with Gasteiger partial charge in [0.15, 0.2) is 10.6 Å². The van der Waals surface area contributed by atoms with E-state index in [0.29, 0.717) is 5.69 Å². The van der Waals surface area contributed by atoms with Crippen LogP contribution in [0.2, 0.25) is 0 Å². The number of hydrogen-bond donors (Lipinski definition) is 1. The lowest BCUT2D eigenvalue weighted by Crippen LogP contribution is -2.29. The van der Waals surface area contributed by atoms with E-state index in [4.69, 9.17) is 4.74 Å². The zero-order valence-corrected chi connectivity index (χ0v) is 15.1. The minimum atomic E-state index is -4.65. The molecule has 1 aromatic heterocycles. The molecule has 28 heavy (non-hydrogen) atoms. The fourth-order valence-corrected chi connectivity index (χ4v) is 4.11. The minimum absolute atomic E-state index is 0.0553. The number of aromatic nitrogens is 2. The van der Waals surface area contributed by atoms with Crippen molar-refractivity contribution in [1.82, 2.24) is 14.5 Å². The number of nitro groups is 1. The van der Waals surface area contributed by atoms with Gasteiger partial charge in [-0.3, -0.25) is 14.8 Å². The highest BCUT2D eigenvalue weighted by Crippen LogP contribution is 2.34. The van der Waals surface area contributed by atoms with Crippen LogP contribution < -0.4 is 4.72 Å². The number of para-hydroxylation sites is 1. The number of nitro benzene ring substituents is 1. The molecule has 0 spiro atoms. The quantitative estimate of drug-likeness (QED) is 0.563. The van der Waals surface area contributed by atoms with Gasteiger partial charge in [0.05, 0.1) is 24.7 Å². The summed E-state index contributed by atoms with van der Waals surface area (Å²) in [6.45, 7) is -0.441. The summed E-state index contributed by atoms with van der Waals surface area (Å²) in [5.41, 5.74) is -1.37. The zero-order chi connectivity index (χ0) is 20.5. The number of rotatable bonds is 6. The predicted molar refractivity (Wildman–Crippen MR) is 88.9 cm³/mol. The Morgan fingerprint density at radius 2 is 2.04 bits per heavy atom. The van der Waals surface area contributed by atoms with E-state index in [1.165, 1.54) is 12.1 Å². The van der Waals surface area contributed by atoms with Gasteiger partial charge in [-0.1, -0.05) is 12.1 Å². The normalized spacial score (nSPS) is 14.7. The average molecular weight is 420 g/mol. The molecule has 0 saturated carbocycles. The molecule has 1 aromatic carbocycles. The van der Waals surface area contributed by atoms with E-state index in [-0.39, 0.29) is 38.3 Å². The molecule has 0 atom stereocenters. The number of alkyl halides is 3. The molecule has 0 bridgehead atoms. The van der Waals surface area contributed by atoms with Crippen LogP contribution >= 0.6 is 0 Å². The molecule has 9 nitrogen and oxygen atoms in total. The Morgan fingerprint density at radius 3 is 2.71 bits per heavy atom. The van der Waals surface area contributed by atoms with E-state index in [1.54, 1.807) is 0 Å². The van der Waals surface area contributed by atoms with E-state index in [0.717, 1.165) is 16.8 Å². The van der Waals surface area contributed by atoms with E-state index < -0.39 is 37.4 Å². The van der Waals surface area contributed by atoms with Crippen molar-refractivity contribution in [3.05, 3.63) is 51.3 Å². The van der Waals surface area contributed by atoms with E-state index in [9.17, 15) is 31.7 Å². The first-order valence-corrected chi connectivity index (χ1v) is 9.56. The summed E-state index contributed by atoms with van der Waals surface area (Å²) in [7, 11) is -4.23. The van der Waals surface area contributed by atoms with Crippen molar-refractivity contribution < 1.29 is 31.2 Å². The fraction of sp³-hybridized carbons (Fsp3) is 0.400. The van der Waals surface area contributed by atoms with Crippen LogP contribution in [0.15, 0.2) is 29.2 Å². The standard InChI is InChI=1S/C15H15F3N4O5S/c16-15(17,18)14-10-9-27-8-5-11(10)21(20-14)7-6-19-28(25,26)13-4-2-1-3-12(13)22(23)24/h1-4,19H,5-9H2. The Morgan fingerprint density at radius 1 is 1.32 bits per heavy atom. The summed E-state index contributed by atoms with van der Waals surface area (Å²) < 4.78 is 72.5. The van der Waals surface area contributed by atoms with Gasteiger partial charge >= 0.3 is 6.18 Å². The van der Waals surface area contributed by atoms with Crippen molar-refractivity contribution in [1.29, 1.82) is 0 Å². The second-order valence-electron chi connectivity index (χ2n) is 5.92. The molecule has 13 heteroatoms. The molecule has 3 rings (SSSR count). The van der Waals surface area contributed by atoms with Crippen LogP contribution in [0.4, 0.5) is 18.9 Å². The topological polar surface area (TPSA) is 116 Å². The first-order chi connectivity index (χ1) is 13.1. The monoisotopic (exact) mass is 420 g/mol. The van der Waals surface area contributed by atoms with Gasteiger partial charge < -0.3 is 4.74 Å². The molecular formula is C15H15F3N4O5S. The fourth-order valence-electron chi connectivity index (χ4n) is 2.92. The van der Waals surface area contributed by atoms with Crippen LogP contribution in [-0.4, -0.2) is 36.3 Å². The van der Waals surface area contributed by atoms with Gasteiger partial charge in [0.2, 0.25) is 10.0 Å². The smallest absolute Gasteiger partial charge is 0.376 e. The number of halogens is 3. The van der Waals surface area contributed by atoms with Crippen LogP contribution in [0, 0.1) is 10.1 Å². The van der Waals surface area contributed by atoms with Gasteiger partial charge in [-0.15, -0.1) is 0 Å². The largest absolute Gasteiger partial charge is 0.435 e. The lowest BCUT2D eigenvalue weighted by atomic mass is 10.1. The Labute approximate surface area is 157 Å². The van der Waals surface area contributed by atoms with Crippen LogP contribution in [-0.2, 0) is 40.5 Å². The first kappa shape index (κ1) is 20.2. The van der Waals surface area contributed by atoms with Gasteiger partial charge in [-0.25, -0.2) is 13.1 Å². The lowest BCUT2D eigenvalue weighted by Gasteiger charge is -2.15. The van der Waals surface area contributed by atoms with Gasteiger partial charge in [-0.2, -0.15) is 18.3 Å². The molecule has 152 valence electrons. The van der Waals surface area contributed by atoms with Gasteiger partial charge in [0, 0.05) is 30.3 Å². The van der Waals surface area contributed by atoms with Crippen molar-refractivity contribution in [2.45, 2.75) is 30.6 Å². The molecular weight excluding hydrogens is 405 g/mol. The molecule has 0 aliphatic carbocycles. The van der Waals surface area contributed by atoms with Crippen LogP contribution in [0.1, 0.15) is 17.0 Å². The Hall–Kier alpha value is -2.51. The molecule has 2 aromatic rings. The van der Waals surface area contributed by atoms with E-state index in [2.05, 4.69) is 9.82 Å². The minimum Gasteiger partial charge on any atom is -0.376 e. The summed E-state index contributed by atoms with van der Waals surface area (Å²) in [5.74, 6) is 0. The van der Waals surface area contributed by atoms with Gasteiger partial charge in [0.1, 0.15) is 0 Å². The maximum absolute atomic E-state index is 13.1. The Balaban J connectivity index is 1.79. The third-order valence-electron chi connectivity index (χ3n) is 4.13. The Bertz CT molecular complexity index is 1000. The second kappa shape index (κ2) is 7.48. The number of ether oxygens (including phenoxy) is 1. The van der Waals surface area contributed by atoms with Crippen molar-refractivity contribution in [3.8, 4) is 0 Å². The summed E-state index contributed by atoms with van der Waals surface area (Å²) in [4.78, 5) is 9.66. The molecule has 1 aliphatic heterocycles. The number of sulfonamides is 1. The van der Waals surface area contributed by atoms with Crippen LogP contribution in [0.25, 0.3) is 0 Å². The molecule has 0 saturated heterocycles. The number of fused-ring (bicyclic) bond motifs is 1. The van der Waals surface area contributed by atoms with Gasteiger partial charge in [0.25, 0.3) is 5.69 Å². The van der Waals surface area contributed by atoms with Crippen molar-refractivity contribution in [2.24, 2.45) is 0 Å². The second-order valence-corrected chi connectivity index (χ2v) is 7.66. The number of nitrogens with one attached hydrogen (secondary N) is 1. The van der Waals surface area contributed by atoms with Crippen LogP contribution in [0.5, 0.6) is 0 Å². The zero-order valence-electron chi connectivity index (χ0n) is 14.3.